The van der Waals surface area contributed by atoms with Crippen molar-refractivity contribution in [1.29, 1.82) is 0 Å². The molecular formula is C20H19F2NO4. The van der Waals surface area contributed by atoms with E-state index in [0.717, 1.165) is 17.7 Å². The minimum absolute atomic E-state index is 0.165. The topological polar surface area (TPSA) is 66.8 Å². The number of rotatable bonds is 5. The van der Waals surface area contributed by atoms with Crippen LogP contribution in [0.1, 0.15) is 29.8 Å². The molecule has 0 saturated heterocycles. The molecule has 7 heteroatoms. The quantitative estimate of drug-likeness (QED) is 0.862. The van der Waals surface area contributed by atoms with E-state index in [1.54, 1.807) is 26.0 Å². The molecule has 0 aliphatic carbocycles. The van der Waals surface area contributed by atoms with E-state index in [1.807, 2.05) is 0 Å². The highest BCUT2D eigenvalue weighted by molar-refractivity contribution is 5.99. The van der Waals surface area contributed by atoms with Gasteiger partial charge in [-0.1, -0.05) is 19.9 Å². The summed E-state index contributed by atoms with van der Waals surface area (Å²) in [4.78, 5) is 25.8. The normalized spacial score (nSPS) is 14.9. The van der Waals surface area contributed by atoms with Crippen LogP contribution >= 0.6 is 0 Å². The number of carboxylic acids is 1. The summed E-state index contributed by atoms with van der Waals surface area (Å²) in [5.74, 6) is -3.23. The molecule has 1 unspecified atom stereocenters. The predicted molar refractivity (Wildman–Crippen MR) is 93.9 cm³/mol. The standard InChI is InChI=1S/C20H19F2NO4/c1-11(2)18(20(25)26)23-8-7-12-3-5-14(10-15(12)19(23)24)27-17-6-4-13(21)9-16(17)22/h3-6,9-11,18H,7-8H2,1-2H3,(H,25,26). The van der Waals surface area contributed by atoms with E-state index in [9.17, 15) is 23.5 Å². The van der Waals surface area contributed by atoms with Crippen LogP contribution in [0.15, 0.2) is 36.4 Å². The maximum atomic E-state index is 13.8. The minimum atomic E-state index is -1.05. The molecule has 1 N–H and O–H groups in total. The van der Waals surface area contributed by atoms with Crippen LogP contribution in [0.25, 0.3) is 0 Å². The van der Waals surface area contributed by atoms with Crippen LogP contribution in [-0.2, 0) is 11.2 Å². The number of hydrogen-bond acceptors (Lipinski definition) is 3. The number of carbonyl (C=O) groups excluding carboxylic acids is 1. The first-order chi connectivity index (χ1) is 12.8. The Morgan fingerprint density at radius 1 is 1.19 bits per heavy atom. The lowest BCUT2D eigenvalue weighted by atomic mass is 9.94. The van der Waals surface area contributed by atoms with E-state index in [1.165, 1.54) is 11.0 Å². The van der Waals surface area contributed by atoms with Gasteiger partial charge in [-0.15, -0.1) is 0 Å². The van der Waals surface area contributed by atoms with Gasteiger partial charge in [0.25, 0.3) is 5.91 Å². The third-order valence-corrected chi connectivity index (χ3v) is 4.54. The van der Waals surface area contributed by atoms with Gasteiger partial charge in [-0.2, -0.15) is 0 Å². The number of halogens is 2. The Morgan fingerprint density at radius 3 is 2.56 bits per heavy atom. The zero-order valence-corrected chi connectivity index (χ0v) is 14.9. The molecule has 0 aromatic heterocycles. The highest BCUT2D eigenvalue weighted by Gasteiger charge is 2.36. The maximum Gasteiger partial charge on any atom is 0.326 e. The average Bonchev–Trinajstić information content (AvgIpc) is 2.59. The van der Waals surface area contributed by atoms with E-state index < -0.39 is 29.6 Å². The predicted octanol–water partition coefficient (Wildman–Crippen LogP) is 3.86. The lowest BCUT2D eigenvalue weighted by Gasteiger charge is -2.35. The van der Waals surface area contributed by atoms with E-state index in [4.69, 9.17) is 4.74 Å². The molecule has 0 bridgehead atoms. The molecule has 1 heterocycles. The van der Waals surface area contributed by atoms with E-state index in [2.05, 4.69) is 0 Å². The number of aliphatic carboxylic acids is 1. The number of carbonyl (C=O) groups is 2. The summed E-state index contributed by atoms with van der Waals surface area (Å²) in [6, 6.07) is 6.78. The van der Waals surface area contributed by atoms with Crippen LogP contribution in [0.4, 0.5) is 8.78 Å². The smallest absolute Gasteiger partial charge is 0.326 e. The zero-order valence-electron chi connectivity index (χ0n) is 14.9. The van der Waals surface area contributed by atoms with Crippen molar-refractivity contribution in [2.24, 2.45) is 5.92 Å². The summed E-state index contributed by atoms with van der Waals surface area (Å²) < 4.78 is 32.3. The van der Waals surface area contributed by atoms with Crippen molar-refractivity contribution in [2.45, 2.75) is 26.3 Å². The number of nitrogens with zero attached hydrogens (tertiary/aromatic N) is 1. The molecular weight excluding hydrogens is 356 g/mol. The fourth-order valence-electron chi connectivity index (χ4n) is 3.26. The number of hydrogen-bond donors (Lipinski definition) is 1. The van der Waals surface area contributed by atoms with Crippen LogP contribution in [0.3, 0.4) is 0 Å². The summed E-state index contributed by atoms with van der Waals surface area (Å²) >= 11 is 0. The lowest BCUT2D eigenvalue weighted by molar-refractivity contribution is -0.144. The number of fused-ring (bicyclic) bond motifs is 1. The van der Waals surface area contributed by atoms with Gasteiger partial charge in [0.05, 0.1) is 0 Å². The minimum Gasteiger partial charge on any atom is -0.480 e. The Morgan fingerprint density at radius 2 is 1.93 bits per heavy atom. The van der Waals surface area contributed by atoms with Gasteiger partial charge in [-0.25, -0.2) is 13.6 Å². The molecule has 5 nitrogen and oxygen atoms in total. The Kier molecular flexibility index (Phi) is 5.12. The first-order valence-corrected chi connectivity index (χ1v) is 8.57. The Bertz CT molecular complexity index is 898. The van der Waals surface area contributed by atoms with E-state index in [-0.39, 0.29) is 17.4 Å². The Labute approximate surface area is 155 Å². The van der Waals surface area contributed by atoms with Gasteiger partial charge in [0.2, 0.25) is 0 Å². The largest absolute Gasteiger partial charge is 0.480 e. The third kappa shape index (κ3) is 3.77. The van der Waals surface area contributed by atoms with Crippen molar-refractivity contribution in [3.63, 3.8) is 0 Å². The van der Waals surface area contributed by atoms with Crippen LogP contribution in [0.2, 0.25) is 0 Å². The van der Waals surface area contributed by atoms with Crippen molar-refractivity contribution in [3.05, 3.63) is 59.2 Å². The summed E-state index contributed by atoms with van der Waals surface area (Å²) in [6.45, 7) is 3.81. The van der Waals surface area contributed by atoms with E-state index >= 15 is 0 Å². The lowest BCUT2D eigenvalue weighted by Crippen LogP contribution is -2.51. The second kappa shape index (κ2) is 7.34. The Hall–Kier alpha value is -2.96. The SMILES string of the molecule is CC(C)C(C(=O)O)N1CCc2ccc(Oc3ccc(F)cc3F)cc2C1=O. The Balaban J connectivity index is 1.90. The van der Waals surface area contributed by atoms with Gasteiger partial charge in [0.15, 0.2) is 11.6 Å². The van der Waals surface area contributed by atoms with Crippen LogP contribution in [-0.4, -0.2) is 34.5 Å². The van der Waals surface area contributed by atoms with Crippen molar-refractivity contribution < 1.29 is 28.2 Å². The zero-order chi connectivity index (χ0) is 19.7. The molecule has 1 aliphatic heterocycles. The van der Waals surface area contributed by atoms with Gasteiger partial charge in [0, 0.05) is 18.2 Å². The maximum absolute atomic E-state index is 13.8. The van der Waals surface area contributed by atoms with Gasteiger partial charge in [0.1, 0.15) is 17.6 Å². The monoisotopic (exact) mass is 375 g/mol. The van der Waals surface area contributed by atoms with Crippen molar-refractivity contribution in [2.75, 3.05) is 6.54 Å². The summed E-state index contributed by atoms with van der Waals surface area (Å²) in [7, 11) is 0. The van der Waals surface area contributed by atoms with Crippen molar-refractivity contribution in [1.82, 2.24) is 4.90 Å². The molecule has 2 aromatic rings. The van der Waals surface area contributed by atoms with Gasteiger partial charge in [-0.3, -0.25) is 4.79 Å². The van der Waals surface area contributed by atoms with Crippen LogP contribution < -0.4 is 4.74 Å². The fourth-order valence-corrected chi connectivity index (χ4v) is 3.26. The van der Waals surface area contributed by atoms with Gasteiger partial charge >= 0.3 is 5.97 Å². The second-order valence-electron chi connectivity index (χ2n) is 6.77. The molecule has 142 valence electrons. The van der Waals surface area contributed by atoms with Gasteiger partial charge in [-0.05, 0) is 42.2 Å². The first-order valence-electron chi connectivity index (χ1n) is 8.57. The molecule has 3 rings (SSSR count). The summed E-state index contributed by atoms with van der Waals surface area (Å²) in [6.07, 6.45) is 0.517. The molecule has 1 aliphatic rings. The molecule has 1 atom stereocenters. The number of carboxylic acid groups (broad SMARTS) is 1. The molecule has 0 radical (unpaired) electrons. The molecule has 0 fully saturated rings. The fraction of sp³-hybridized carbons (Fsp3) is 0.300. The first kappa shape index (κ1) is 18.8. The van der Waals surface area contributed by atoms with Crippen LogP contribution in [0, 0.1) is 17.6 Å². The van der Waals surface area contributed by atoms with Crippen molar-refractivity contribution >= 4 is 11.9 Å². The molecule has 0 spiro atoms. The highest BCUT2D eigenvalue weighted by Crippen LogP contribution is 2.30. The number of benzene rings is 2. The molecule has 27 heavy (non-hydrogen) atoms. The summed E-state index contributed by atoms with van der Waals surface area (Å²) in [5.41, 5.74) is 1.10. The number of amides is 1. The van der Waals surface area contributed by atoms with Gasteiger partial charge < -0.3 is 14.7 Å². The highest BCUT2D eigenvalue weighted by atomic mass is 19.1. The van der Waals surface area contributed by atoms with Crippen LogP contribution in [0.5, 0.6) is 11.5 Å². The number of ether oxygens (including phenoxy) is 1. The average molecular weight is 375 g/mol. The van der Waals surface area contributed by atoms with Crippen molar-refractivity contribution in [3.8, 4) is 11.5 Å². The molecule has 0 saturated carbocycles. The molecule has 2 aromatic carbocycles. The summed E-state index contributed by atoms with van der Waals surface area (Å²) in [5, 5.41) is 9.47. The molecule has 1 amide bonds. The second-order valence-corrected chi connectivity index (χ2v) is 6.77. The third-order valence-electron chi connectivity index (χ3n) is 4.54. The van der Waals surface area contributed by atoms with E-state index in [0.29, 0.717) is 24.6 Å².